The highest BCUT2D eigenvalue weighted by Gasteiger charge is 2.34. The van der Waals surface area contributed by atoms with Gasteiger partial charge >= 0.3 is 6.09 Å². The molecule has 0 radical (unpaired) electrons. The van der Waals surface area contributed by atoms with Crippen molar-refractivity contribution in [3.05, 3.63) is 54.0 Å². The Labute approximate surface area is 215 Å². The lowest BCUT2D eigenvalue weighted by Gasteiger charge is -2.38. The summed E-state index contributed by atoms with van der Waals surface area (Å²) in [6, 6.07) is 9.62. The lowest BCUT2D eigenvalue weighted by atomic mass is 9.77. The Bertz CT molecular complexity index is 1310. The summed E-state index contributed by atoms with van der Waals surface area (Å²) in [6.07, 6.45) is 4.10. The average Bonchev–Trinajstić information content (AvgIpc) is 2.77. The molecule has 196 valence electrons. The quantitative estimate of drug-likeness (QED) is 0.333. The van der Waals surface area contributed by atoms with Crippen LogP contribution in [0.5, 0.6) is 0 Å². The molecule has 2 aromatic heterocycles. The van der Waals surface area contributed by atoms with Gasteiger partial charge in [0.2, 0.25) is 0 Å². The monoisotopic (exact) mass is 508 g/mol. The van der Waals surface area contributed by atoms with Crippen LogP contribution in [0.1, 0.15) is 57.3 Å². The number of nitrogens with two attached hydrogens (primary N) is 1. The standard InChI is InChI=1S/C27H33FN6O3/c1-15(31-26(36)37-27(2,3)4)22(16-7-5-8-16)33-25-20(28)14-19(23(29)35)24(34-25)32-18-10-11-21-17(13-18)9-6-12-30-21/h6,9-16,22H,5,7-8H2,1-4H3,(H2,29,35)(H,31,36)(H2,32,33,34)/t15-,22-/m0/s1. The summed E-state index contributed by atoms with van der Waals surface area (Å²) in [4.78, 5) is 33.2. The first-order valence-electron chi connectivity index (χ1n) is 12.4. The van der Waals surface area contributed by atoms with Gasteiger partial charge in [-0.1, -0.05) is 12.5 Å². The van der Waals surface area contributed by atoms with Crippen molar-refractivity contribution in [2.45, 2.75) is 64.6 Å². The van der Waals surface area contributed by atoms with Crippen LogP contribution < -0.4 is 21.7 Å². The molecule has 1 aliphatic rings. The molecule has 1 aliphatic carbocycles. The first-order valence-corrected chi connectivity index (χ1v) is 12.4. The number of primary amides is 1. The summed E-state index contributed by atoms with van der Waals surface area (Å²) >= 11 is 0. The Kier molecular flexibility index (Phi) is 7.47. The van der Waals surface area contributed by atoms with Crippen LogP contribution in [0, 0.1) is 11.7 Å². The fraction of sp³-hybridized carbons (Fsp3) is 0.407. The molecule has 0 unspecified atom stereocenters. The zero-order chi connectivity index (χ0) is 26.7. The number of aromatic nitrogens is 2. The molecule has 0 spiro atoms. The zero-order valence-corrected chi connectivity index (χ0v) is 21.5. The van der Waals surface area contributed by atoms with Gasteiger partial charge in [-0.15, -0.1) is 0 Å². The molecular weight excluding hydrogens is 475 g/mol. The van der Waals surface area contributed by atoms with Gasteiger partial charge in [0.25, 0.3) is 5.91 Å². The highest BCUT2D eigenvalue weighted by atomic mass is 19.1. The molecule has 9 nitrogen and oxygen atoms in total. The predicted octanol–water partition coefficient (Wildman–Crippen LogP) is 5.11. The normalized spacial score (nSPS) is 15.4. The van der Waals surface area contributed by atoms with E-state index in [9.17, 15) is 9.59 Å². The average molecular weight is 509 g/mol. The van der Waals surface area contributed by atoms with Crippen molar-refractivity contribution in [3.8, 4) is 0 Å². The summed E-state index contributed by atoms with van der Waals surface area (Å²) in [5, 5.41) is 10.0. The third kappa shape index (κ3) is 6.44. The van der Waals surface area contributed by atoms with Crippen LogP contribution in [-0.2, 0) is 4.74 Å². The predicted molar refractivity (Wildman–Crippen MR) is 141 cm³/mol. The van der Waals surface area contributed by atoms with Crippen molar-refractivity contribution in [2.24, 2.45) is 11.7 Å². The summed E-state index contributed by atoms with van der Waals surface area (Å²) < 4.78 is 20.5. The number of nitrogens with zero attached hydrogens (tertiary/aromatic N) is 2. The maximum absolute atomic E-state index is 15.2. The second kappa shape index (κ2) is 10.6. The van der Waals surface area contributed by atoms with Gasteiger partial charge in [-0.3, -0.25) is 9.78 Å². The van der Waals surface area contributed by atoms with Gasteiger partial charge in [-0.05, 0) is 76.8 Å². The first kappa shape index (κ1) is 26.1. The molecule has 0 aliphatic heterocycles. The number of amides is 2. The van der Waals surface area contributed by atoms with Gasteiger partial charge in [-0.25, -0.2) is 14.2 Å². The topological polar surface area (TPSA) is 131 Å². The van der Waals surface area contributed by atoms with E-state index in [0.29, 0.717) is 5.69 Å². The molecule has 4 rings (SSSR count). The van der Waals surface area contributed by atoms with E-state index in [1.807, 2.05) is 31.2 Å². The van der Waals surface area contributed by atoms with Gasteiger partial charge in [0.1, 0.15) is 11.4 Å². The number of anilines is 3. The van der Waals surface area contributed by atoms with Crippen LogP contribution in [0.2, 0.25) is 0 Å². The number of pyridine rings is 2. The largest absolute Gasteiger partial charge is 0.444 e. The lowest BCUT2D eigenvalue weighted by Crippen LogP contribution is -2.51. The molecule has 1 saturated carbocycles. The van der Waals surface area contributed by atoms with E-state index in [-0.39, 0.29) is 35.2 Å². The second-order valence-corrected chi connectivity index (χ2v) is 10.4. The van der Waals surface area contributed by atoms with E-state index in [4.69, 9.17) is 10.5 Å². The maximum atomic E-state index is 15.2. The molecular formula is C27H33FN6O3. The van der Waals surface area contributed by atoms with Crippen LogP contribution >= 0.6 is 0 Å². The summed E-state index contributed by atoms with van der Waals surface area (Å²) in [5.74, 6) is -1.22. The number of carbonyl (C=O) groups is 2. The molecule has 10 heteroatoms. The number of ether oxygens (including phenoxy) is 1. The van der Waals surface area contributed by atoms with E-state index in [0.717, 1.165) is 36.2 Å². The van der Waals surface area contributed by atoms with Crippen LogP contribution in [0.3, 0.4) is 0 Å². The van der Waals surface area contributed by atoms with Crippen molar-refractivity contribution in [2.75, 3.05) is 10.6 Å². The molecule has 2 amide bonds. The van der Waals surface area contributed by atoms with Crippen LogP contribution in [0.15, 0.2) is 42.6 Å². The van der Waals surface area contributed by atoms with Gasteiger partial charge in [-0.2, -0.15) is 0 Å². The van der Waals surface area contributed by atoms with Crippen molar-refractivity contribution in [1.29, 1.82) is 0 Å². The number of rotatable bonds is 8. The van der Waals surface area contributed by atoms with E-state index >= 15 is 4.39 Å². The smallest absolute Gasteiger partial charge is 0.407 e. The highest BCUT2D eigenvalue weighted by molar-refractivity contribution is 5.99. The zero-order valence-electron chi connectivity index (χ0n) is 21.5. The van der Waals surface area contributed by atoms with Gasteiger partial charge in [0.05, 0.1) is 17.1 Å². The van der Waals surface area contributed by atoms with Crippen molar-refractivity contribution >= 4 is 40.2 Å². The Morgan fingerprint density at radius 3 is 2.57 bits per heavy atom. The van der Waals surface area contributed by atoms with Crippen LogP contribution in [0.4, 0.5) is 26.5 Å². The number of hydrogen-bond donors (Lipinski definition) is 4. The fourth-order valence-corrected chi connectivity index (χ4v) is 4.35. The fourth-order valence-electron chi connectivity index (χ4n) is 4.35. The molecule has 3 aromatic rings. The number of nitrogens with one attached hydrogen (secondary N) is 3. The molecule has 0 bridgehead atoms. The minimum Gasteiger partial charge on any atom is -0.444 e. The Morgan fingerprint density at radius 2 is 1.92 bits per heavy atom. The van der Waals surface area contributed by atoms with Crippen LogP contribution in [0.25, 0.3) is 10.9 Å². The molecule has 2 atom stereocenters. The summed E-state index contributed by atoms with van der Waals surface area (Å²) in [6.45, 7) is 7.22. The van der Waals surface area contributed by atoms with Crippen LogP contribution in [-0.4, -0.2) is 39.7 Å². The summed E-state index contributed by atoms with van der Waals surface area (Å²) in [5.41, 5.74) is 6.28. The minimum absolute atomic E-state index is 0.0373. The van der Waals surface area contributed by atoms with Crippen molar-refractivity contribution in [1.82, 2.24) is 15.3 Å². The number of halogens is 1. The third-order valence-corrected chi connectivity index (χ3v) is 6.35. The Morgan fingerprint density at radius 1 is 1.16 bits per heavy atom. The van der Waals surface area contributed by atoms with Gasteiger partial charge in [0.15, 0.2) is 11.6 Å². The van der Waals surface area contributed by atoms with Gasteiger partial charge < -0.3 is 26.4 Å². The molecule has 2 heterocycles. The van der Waals surface area contributed by atoms with E-state index in [1.54, 1.807) is 33.0 Å². The molecule has 5 N–H and O–H groups in total. The Hall–Kier alpha value is -3.95. The number of hydrogen-bond acceptors (Lipinski definition) is 7. The molecule has 1 fully saturated rings. The number of fused-ring (bicyclic) bond motifs is 1. The molecule has 0 saturated heterocycles. The number of alkyl carbamates (subject to hydrolysis) is 1. The second-order valence-electron chi connectivity index (χ2n) is 10.4. The number of carbonyl (C=O) groups excluding carboxylic acids is 2. The minimum atomic E-state index is -0.807. The number of benzene rings is 1. The van der Waals surface area contributed by atoms with E-state index in [2.05, 4.69) is 25.9 Å². The summed E-state index contributed by atoms with van der Waals surface area (Å²) in [7, 11) is 0. The van der Waals surface area contributed by atoms with Gasteiger partial charge in [0, 0.05) is 23.3 Å². The molecule has 1 aromatic carbocycles. The van der Waals surface area contributed by atoms with Crippen molar-refractivity contribution < 1.29 is 18.7 Å². The third-order valence-electron chi connectivity index (χ3n) is 6.35. The Balaban J connectivity index is 1.60. The SMILES string of the molecule is C[C@H](NC(=O)OC(C)(C)C)[C@H](Nc1nc(Nc2ccc3ncccc3c2)c(C(N)=O)cc1F)C1CCC1. The maximum Gasteiger partial charge on any atom is 0.407 e. The van der Waals surface area contributed by atoms with Crippen molar-refractivity contribution in [3.63, 3.8) is 0 Å². The lowest BCUT2D eigenvalue weighted by molar-refractivity contribution is 0.0492. The molecule has 37 heavy (non-hydrogen) atoms. The first-order chi connectivity index (χ1) is 17.5. The van der Waals surface area contributed by atoms with E-state index < -0.39 is 23.4 Å². The highest BCUT2D eigenvalue weighted by Crippen LogP contribution is 2.34. The van der Waals surface area contributed by atoms with E-state index in [1.165, 1.54) is 0 Å².